The molecular formula is C11H17FN2O2S. The smallest absolute Gasteiger partial charge is 0.154 e. The molecule has 0 saturated heterocycles. The van der Waals surface area contributed by atoms with Crippen LogP contribution in [0.5, 0.6) is 0 Å². The molecule has 6 heteroatoms. The van der Waals surface area contributed by atoms with Crippen LogP contribution in [-0.4, -0.2) is 19.4 Å². The van der Waals surface area contributed by atoms with Gasteiger partial charge in [0, 0.05) is 11.8 Å². The van der Waals surface area contributed by atoms with E-state index in [-0.39, 0.29) is 5.56 Å². The van der Waals surface area contributed by atoms with Gasteiger partial charge in [0.2, 0.25) is 0 Å². The van der Waals surface area contributed by atoms with E-state index in [2.05, 4.69) is 5.43 Å². The van der Waals surface area contributed by atoms with Gasteiger partial charge in [-0.1, -0.05) is 18.2 Å². The van der Waals surface area contributed by atoms with E-state index in [1.165, 1.54) is 26.0 Å². The minimum absolute atomic E-state index is 0.241. The van der Waals surface area contributed by atoms with E-state index in [0.29, 0.717) is 0 Å². The quantitative estimate of drug-likeness (QED) is 0.629. The van der Waals surface area contributed by atoms with Crippen molar-refractivity contribution in [2.75, 3.05) is 6.26 Å². The van der Waals surface area contributed by atoms with E-state index in [1.54, 1.807) is 12.1 Å². The fourth-order valence-corrected chi connectivity index (χ4v) is 2.21. The van der Waals surface area contributed by atoms with Gasteiger partial charge < -0.3 is 0 Å². The van der Waals surface area contributed by atoms with E-state index >= 15 is 0 Å². The maximum Gasteiger partial charge on any atom is 0.154 e. The second kappa shape index (κ2) is 4.72. The van der Waals surface area contributed by atoms with Gasteiger partial charge in [0.05, 0.1) is 10.8 Å². The van der Waals surface area contributed by atoms with E-state index < -0.39 is 26.4 Å². The number of hydrogen-bond acceptors (Lipinski definition) is 4. The molecule has 1 aromatic rings. The fourth-order valence-electron chi connectivity index (χ4n) is 1.59. The van der Waals surface area contributed by atoms with Crippen LogP contribution in [0.25, 0.3) is 0 Å². The Kier molecular flexibility index (Phi) is 3.91. The Morgan fingerprint density at radius 1 is 1.35 bits per heavy atom. The second-order valence-corrected chi connectivity index (χ2v) is 7.09. The van der Waals surface area contributed by atoms with Crippen LogP contribution in [0.1, 0.15) is 25.5 Å². The lowest BCUT2D eigenvalue weighted by Crippen LogP contribution is -2.47. The number of benzene rings is 1. The molecule has 0 aliphatic heterocycles. The topological polar surface area (TPSA) is 72.2 Å². The highest BCUT2D eigenvalue weighted by Crippen LogP contribution is 2.32. The fraction of sp³-hybridized carbons (Fsp3) is 0.455. The van der Waals surface area contributed by atoms with Crippen LogP contribution in [0.15, 0.2) is 24.3 Å². The molecule has 0 radical (unpaired) electrons. The number of nitrogens with two attached hydrogens (primary N) is 1. The Hall–Kier alpha value is -0.980. The monoisotopic (exact) mass is 260 g/mol. The molecule has 96 valence electrons. The lowest BCUT2D eigenvalue weighted by atomic mass is 9.95. The first-order chi connectivity index (χ1) is 7.71. The summed E-state index contributed by atoms with van der Waals surface area (Å²) in [5.74, 6) is 4.90. The van der Waals surface area contributed by atoms with E-state index in [1.807, 2.05) is 0 Å². The highest BCUT2D eigenvalue weighted by atomic mass is 32.2. The largest absolute Gasteiger partial charge is 0.271 e. The maximum absolute atomic E-state index is 13.7. The molecule has 0 spiro atoms. The van der Waals surface area contributed by atoms with Gasteiger partial charge in [-0.2, -0.15) is 0 Å². The van der Waals surface area contributed by atoms with Crippen molar-refractivity contribution in [3.63, 3.8) is 0 Å². The average molecular weight is 260 g/mol. The van der Waals surface area contributed by atoms with Gasteiger partial charge in [0.15, 0.2) is 9.84 Å². The predicted octanol–water partition coefficient (Wildman–Crippen LogP) is 1.15. The molecule has 3 N–H and O–H groups in total. The SMILES string of the molecule is CC(C)(C(NN)c1ccccc1F)S(C)(=O)=O. The minimum atomic E-state index is -3.39. The number of hydrogen-bond donors (Lipinski definition) is 2. The van der Waals surface area contributed by atoms with Crippen LogP contribution >= 0.6 is 0 Å². The molecule has 0 aliphatic carbocycles. The number of sulfone groups is 1. The number of rotatable bonds is 4. The summed E-state index contributed by atoms with van der Waals surface area (Å²) in [6.45, 7) is 3.03. The molecular weight excluding hydrogens is 243 g/mol. The van der Waals surface area contributed by atoms with Crippen LogP contribution in [0.4, 0.5) is 4.39 Å². The van der Waals surface area contributed by atoms with E-state index in [0.717, 1.165) is 6.26 Å². The lowest BCUT2D eigenvalue weighted by molar-refractivity contribution is 0.413. The van der Waals surface area contributed by atoms with Gasteiger partial charge in [0.25, 0.3) is 0 Å². The van der Waals surface area contributed by atoms with Gasteiger partial charge in [-0.15, -0.1) is 0 Å². The third-order valence-corrected chi connectivity index (χ3v) is 5.18. The predicted molar refractivity (Wildman–Crippen MR) is 65.4 cm³/mol. The molecule has 1 unspecified atom stereocenters. The highest BCUT2D eigenvalue weighted by molar-refractivity contribution is 7.92. The summed E-state index contributed by atoms with van der Waals surface area (Å²) in [7, 11) is -3.39. The van der Waals surface area contributed by atoms with Gasteiger partial charge >= 0.3 is 0 Å². The van der Waals surface area contributed by atoms with Crippen molar-refractivity contribution in [2.24, 2.45) is 5.84 Å². The number of nitrogens with one attached hydrogen (secondary N) is 1. The summed E-state index contributed by atoms with van der Waals surface area (Å²) in [6, 6.07) is 5.17. The van der Waals surface area contributed by atoms with Crippen LogP contribution in [0, 0.1) is 5.82 Å². The van der Waals surface area contributed by atoms with Crippen molar-refractivity contribution < 1.29 is 12.8 Å². The Labute approximate surface area is 101 Å². The Morgan fingerprint density at radius 3 is 2.29 bits per heavy atom. The first-order valence-electron chi connectivity index (χ1n) is 5.12. The summed E-state index contributed by atoms with van der Waals surface area (Å²) in [4.78, 5) is 0. The van der Waals surface area contributed by atoms with Gasteiger partial charge in [-0.05, 0) is 19.9 Å². The summed E-state index contributed by atoms with van der Waals surface area (Å²) in [5, 5.41) is 0. The normalized spacial score (nSPS) is 14.6. The van der Waals surface area contributed by atoms with Crippen LogP contribution in [0.2, 0.25) is 0 Å². The minimum Gasteiger partial charge on any atom is -0.271 e. The van der Waals surface area contributed by atoms with Crippen molar-refractivity contribution in [1.29, 1.82) is 0 Å². The van der Waals surface area contributed by atoms with Crippen molar-refractivity contribution in [3.05, 3.63) is 35.6 Å². The number of halogens is 1. The molecule has 1 rings (SSSR count). The summed E-state index contributed by atoms with van der Waals surface area (Å²) >= 11 is 0. The van der Waals surface area contributed by atoms with Crippen molar-refractivity contribution >= 4 is 9.84 Å². The maximum atomic E-state index is 13.7. The van der Waals surface area contributed by atoms with Gasteiger partial charge in [-0.3, -0.25) is 11.3 Å². The van der Waals surface area contributed by atoms with E-state index in [9.17, 15) is 12.8 Å². The molecule has 1 aromatic carbocycles. The summed E-state index contributed by atoms with van der Waals surface area (Å²) < 4.78 is 35.9. The molecule has 0 fully saturated rings. The Balaban J connectivity index is 3.31. The second-order valence-electron chi connectivity index (χ2n) is 4.50. The van der Waals surface area contributed by atoms with E-state index in [4.69, 9.17) is 5.84 Å². The Bertz CT molecular complexity index is 500. The van der Waals surface area contributed by atoms with Crippen LogP contribution in [-0.2, 0) is 9.84 Å². The molecule has 0 amide bonds. The standard InChI is InChI=1S/C11H17FN2O2S/c1-11(2,17(3,15)16)10(14-13)8-6-4-5-7-9(8)12/h4-7,10,14H,13H2,1-3H3. The first-order valence-corrected chi connectivity index (χ1v) is 7.01. The van der Waals surface area contributed by atoms with Gasteiger partial charge in [-0.25, -0.2) is 12.8 Å². The van der Waals surface area contributed by atoms with Crippen molar-refractivity contribution in [2.45, 2.75) is 24.6 Å². The van der Waals surface area contributed by atoms with Crippen LogP contribution < -0.4 is 11.3 Å². The van der Waals surface area contributed by atoms with Gasteiger partial charge in [0.1, 0.15) is 5.82 Å². The number of hydrazine groups is 1. The highest BCUT2D eigenvalue weighted by Gasteiger charge is 2.40. The molecule has 0 bridgehead atoms. The zero-order valence-corrected chi connectivity index (χ0v) is 10.9. The third-order valence-electron chi connectivity index (χ3n) is 3.03. The molecule has 0 heterocycles. The van der Waals surface area contributed by atoms with Crippen molar-refractivity contribution in [1.82, 2.24) is 5.43 Å². The molecule has 0 aliphatic rings. The molecule has 4 nitrogen and oxygen atoms in total. The molecule has 17 heavy (non-hydrogen) atoms. The zero-order chi connectivity index (χ0) is 13.3. The molecule has 1 atom stereocenters. The summed E-state index contributed by atoms with van der Waals surface area (Å²) in [6.07, 6.45) is 1.11. The zero-order valence-electron chi connectivity index (χ0n) is 10.1. The van der Waals surface area contributed by atoms with Crippen LogP contribution in [0.3, 0.4) is 0 Å². The lowest BCUT2D eigenvalue weighted by Gasteiger charge is -2.32. The summed E-state index contributed by atoms with van der Waals surface area (Å²) in [5.41, 5.74) is 2.63. The Morgan fingerprint density at radius 2 is 1.88 bits per heavy atom. The third kappa shape index (κ3) is 2.65. The van der Waals surface area contributed by atoms with Crippen molar-refractivity contribution in [3.8, 4) is 0 Å². The first kappa shape index (κ1) is 14.1. The molecule has 0 aromatic heterocycles. The average Bonchev–Trinajstić information content (AvgIpc) is 2.20. The molecule has 0 saturated carbocycles.